The average molecular weight is 782 g/mol. The van der Waals surface area contributed by atoms with Crippen LogP contribution in [0.5, 0.6) is 11.5 Å². The first-order chi connectivity index (χ1) is 27.5. The van der Waals surface area contributed by atoms with Gasteiger partial charge < -0.3 is 52.1 Å². The van der Waals surface area contributed by atoms with Gasteiger partial charge in [0, 0.05) is 50.2 Å². The normalized spacial score (nSPS) is 12.4. The number of carbonyl (C=O) groups excluding carboxylic acids is 3. The number of aliphatic imine (C=N–C) groups is 2. The molecule has 0 spiro atoms. The van der Waals surface area contributed by atoms with E-state index >= 15 is 0 Å². The number of carbonyl (C=O) groups is 3. The van der Waals surface area contributed by atoms with Gasteiger partial charge in [-0.25, -0.2) is 4.98 Å². The number of fused-ring (bicyclic) bond motifs is 1. The summed E-state index contributed by atoms with van der Waals surface area (Å²) < 4.78 is 13.7. The van der Waals surface area contributed by atoms with Gasteiger partial charge >= 0.3 is 0 Å². The fourth-order valence-corrected chi connectivity index (χ4v) is 5.59. The Labute approximate surface area is 334 Å². The van der Waals surface area contributed by atoms with Crippen molar-refractivity contribution in [2.45, 2.75) is 40.2 Å². The Bertz CT molecular complexity index is 2060. The Morgan fingerprint density at radius 1 is 1.07 bits per heavy atom. The number of primary amides is 1. The monoisotopic (exact) mass is 781 g/mol. The first-order valence-electron chi connectivity index (χ1n) is 18.5. The minimum absolute atomic E-state index is 0.0581. The van der Waals surface area contributed by atoms with E-state index in [2.05, 4.69) is 45.7 Å². The van der Waals surface area contributed by atoms with Crippen LogP contribution in [0.25, 0.3) is 11.0 Å². The number of imidazole rings is 1. The molecule has 1 heterocycles. The van der Waals surface area contributed by atoms with Crippen molar-refractivity contribution in [2.75, 3.05) is 57.3 Å². The number of nitrogens with one attached hydrogen (secondary N) is 3. The number of hydrogen-bond donors (Lipinski definition) is 6. The van der Waals surface area contributed by atoms with E-state index in [0.717, 1.165) is 18.4 Å². The number of ether oxygens (including phenoxy) is 2. The average Bonchev–Trinajstić information content (AvgIpc) is 3.58. The maximum absolute atomic E-state index is 13.5. The SMILES string of the molecule is C=Nc1cc(C=O)cc(OC)c1N(C/C=C/Cn1c(NC)nc2cc(C(N)=O)cc(OC/C=C/CN=C/C(N)=C\N)c21)CNC(=O)/C(=C/C(C)=C/CCC)NCC. The van der Waals surface area contributed by atoms with Crippen molar-refractivity contribution in [1.29, 1.82) is 0 Å². The van der Waals surface area contributed by atoms with Gasteiger partial charge in [-0.05, 0) is 63.4 Å². The molecule has 304 valence electrons. The molecule has 0 unspecified atom stereocenters. The second-order valence-electron chi connectivity index (χ2n) is 12.5. The summed E-state index contributed by atoms with van der Waals surface area (Å²) in [7, 11) is 3.24. The lowest BCUT2D eigenvalue weighted by molar-refractivity contribution is -0.117. The Hall–Kier alpha value is -6.84. The van der Waals surface area contributed by atoms with Crippen LogP contribution in [0.2, 0.25) is 0 Å². The fraction of sp³-hybridized carbons (Fsp3) is 0.317. The van der Waals surface area contributed by atoms with Crippen molar-refractivity contribution in [3.63, 3.8) is 0 Å². The number of hydrogen-bond acceptors (Lipinski definition) is 13. The van der Waals surface area contributed by atoms with E-state index < -0.39 is 5.91 Å². The summed E-state index contributed by atoms with van der Waals surface area (Å²) in [6.45, 7) is 11.5. The number of anilines is 2. The number of nitrogens with zero attached hydrogens (tertiary/aromatic N) is 5. The molecule has 9 N–H and O–H groups in total. The third-order valence-electron chi connectivity index (χ3n) is 8.33. The molecule has 3 aromatic rings. The summed E-state index contributed by atoms with van der Waals surface area (Å²) >= 11 is 0. The van der Waals surface area contributed by atoms with Crippen LogP contribution in [0.3, 0.4) is 0 Å². The highest BCUT2D eigenvalue weighted by Crippen LogP contribution is 2.39. The number of aromatic nitrogens is 2. The lowest BCUT2D eigenvalue weighted by Gasteiger charge is -2.27. The number of rotatable bonds is 24. The Morgan fingerprint density at radius 3 is 2.51 bits per heavy atom. The maximum atomic E-state index is 13.5. The summed E-state index contributed by atoms with van der Waals surface area (Å²) in [5.41, 5.74) is 21.1. The molecule has 2 amide bonds. The number of nitrogens with two attached hydrogens (primary N) is 3. The van der Waals surface area contributed by atoms with E-state index in [1.807, 2.05) is 41.5 Å². The number of methoxy groups -OCH3 is 1. The first kappa shape index (κ1) is 44.6. The van der Waals surface area contributed by atoms with E-state index in [1.165, 1.54) is 19.5 Å². The second kappa shape index (κ2) is 23.2. The van der Waals surface area contributed by atoms with Crippen LogP contribution < -0.4 is 47.5 Å². The van der Waals surface area contributed by atoms with Gasteiger partial charge in [-0.15, -0.1) is 0 Å². The molecule has 2 aromatic carbocycles. The van der Waals surface area contributed by atoms with Gasteiger partial charge in [-0.2, -0.15) is 0 Å². The van der Waals surface area contributed by atoms with Gasteiger partial charge in [0.2, 0.25) is 11.9 Å². The van der Waals surface area contributed by atoms with E-state index in [4.69, 9.17) is 31.7 Å². The zero-order valence-electron chi connectivity index (χ0n) is 33.4. The molecule has 16 heteroatoms. The van der Waals surface area contributed by atoms with Crippen LogP contribution >= 0.6 is 0 Å². The molecule has 0 aliphatic heterocycles. The minimum Gasteiger partial charge on any atom is -0.494 e. The smallest absolute Gasteiger partial charge is 0.268 e. The highest BCUT2D eigenvalue weighted by Gasteiger charge is 2.20. The molecule has 3 rings (SSSR count). The molecule has 16 nitrogen and oxygen atoms in total. The first-order valence-corrected chi connectivity index (χ1v) is 18.5. The van der Waals surface area contributed by atoms with Crippen LogP contribution in [0.15, 0.2) is 93.9 Å². The van der Waals surface area contributed by atoms with Crippen LogP contribution in [0, 0.1) is 0 Å². The molecule has 0 fully saturated rings. The van der Waals surface area contributed by atoms with Crippen molar-refractivity contribution in [2.24, 2.45) is 27.2 Å². The number of aldehydes is 1. The van der Waals surface area contributed by atoms with Crippen molar-refractivity contribution >= 4 is 59.4 Å². The number of likely N-dealkylation sites (N-methyl/N-ethyl adjacent to an activating group) is 1. The summed E-state index contributed by atoms with van der Waals surface area (Å²) in [4.78, 5) is 52.4. The molecule has 0 radical (unpaired) electrons. The van der Waals surface area contributed by atoms with Crippen LogP contribution in [-0.2, 0) is 11.3 Å². The number of allylic oxidation sites excluding steroid dienone is 5. The van der Waals surface area contributed by atoms with Gasteiger partial charge in [0.15, 0.2) is 0 Å². The largest absolute Gasteiger partial charge is 0.494 e. The van der Waals surface area contributed by atoms with Crippen LogP contribution in [0.4, 0.5) is 17.3 Å². The quantitative estimate of drug-likeness (QED) is 0.0186. The number of unbranched alkanes of at least 4 members (excludes halogenated alkanes) is 1. The lowest BCUT2D eigenvalue weighted by atomic mass is 10.1. The van der Waals surface area contributed by atoms with Gasteiger partial charge in [-0.1, -0.05) is 43.2 Å². The minimum atomic E-state index is -0.619. The third-order valence-corrected chi connectivity index (χ3v) is 8.33. The predicted octanol–water partition coefficient (Wildman–Crippen LogP) is 4.47. The van der Waals surface area contributed by atoms with Gasteiger partial charge in [-0.3, -0.25) is 24.4 Å². The third kappa shape index (κ3) is 12.9. The molecule has 0 aliphatic rings. The van der Waals surface area contributed by atoms with Gasteiger partial charge in [0.05, 0.1) is 37.2 Å². The van der Waals surface area contributed by atoms with E-state index in [9.17, 15) is 14.4 Å². The lowest BCUT2D eigenvalue weighted by Crippen LogP contribution is -2.41. The standard InChI is InChI=1S/C41H55N11O5/c1-7-9-14-28(3)19-34(48-8-2)40(55)49-27-51(37-32(45-4)20-29(26-53)21-35(37)56-6)16-11-12-17-52-38-33(50-41(52)46-5)22-30(39(44)54)23-36(38)57-18-13-10-15-47-25-31(43)24-42/h10-14,19-26,48H,4,7-9,15-18,27,42-43H2,1-3,5-6H3,(H2,44,54)(H,46,50)(H,49,55)/b12-11+,13-10+,28-14+,31-24+,34-19-,47-25?. The van der Waals surface area contributed by atoms with Crippen molar-refractivity contribution < 1.29 is 23.9 Å². The van der Waals surface area contributed by atoms with Crippen molar-refractivity contribution in [1.82, 2.24) is 20.2 Å². The van der Waals surface area contributed by atoms with Crippen molar-refractivity contribution in [3.05, 3.63) is 95.0 Å². The van der Waals surface area contributed by atoms with Crippen molar-refractivity contribution in [3.8, 4) is 11.5 Å². The second-order valence-corrected chi connectivity index (χ2v) is 12.5. The molecule has 0 saturated carbocycles. The zero-order chi connectivity index (χ0) is 41.7. The number of amides is 2. The Kier molecular flexibility index (Phi) is 18.1. The molecule has 57 heavy (non-hydrogen) atoms. The molecule has 0 atom stereocenters. The van der Waals surface area contributed by atoms with E-state index in [1.54, 1.807) is 43.5 Å². The zero-order valence-corrected chi connectivity index (χ0v) is 33.4. The molecular formula is C41H55N11O5. The number of benzene rings is 2. The summed E-state index contributed by atoms with van der Waals surface area (Å²) in [5.74, 6) is 0.395. The summed E-state index contributed by atoms with van der Waals surface area (Å²) in [6.07, 6.45) is 16.7. The van der Waals surface area contributed by atoms with Crippen LogP contribution in [0.1, 0.15) is 54.3 Å². The summed E-state index contributed by atoms with van der Waals surface area (Å²) in [5, 5.41) is 9.30. The van der Waals surface area contributed by atoms with Gasteiger partial charge in [0.1, 0.15) is 41.3 Å². The molecule has 0 saturated heterocycles. The summed E-state index contributed by atoms with van der Waals surface area (Å²) in [6, 6.07) is 6.42. The molecule has 1 aromatic heterocycles. The molecule has 0 aliphatic carbocycles. The van der Waals surface area contributed by atoms with E-state index in [0.29, 0.717) is 82.7 Å². The van der Waals surface area contributed by atoms with E-state index in [-0.39, 0.29) is 31.3 Å². The Morgan fingerprint density at radius 2 is 1.86 bits per heavy atom. The maximum Gasteiger partial charge on any atom is 0.268 e. The topological polar surface area (TPSA) is 230 Å². The molecule has 0 bridgehead atoms. The fourth-order valence-electron chi connectivity index (χ4n) is 5.59. The Balaban J connectivity index is 1.98. The van der Waals surface area contributed by atoms with Crippen LogP contribution in [-0.4, -0.2) is 87.7 Å². The molecular weight excluding hydrogens is 727 g/mol. The van der Waals surface area contributed by atoms with Gasteiger partial charge in [0.25, 0.3) is 5.91 Å². The predicted molar refractivity (Wildman–Crippen MR) is 230 cm³/mol. The highest BCUT2D eigenvalue weighted by atomic mass is 16.5. The highest BCUT2D eigenvalue weighted by molar-refractivity contribution is 5.99.